The first-order valence-corrected chi connectivity index (χ1v) is 6.96. The molecule has 0 aliphatic rings. The number of nitrogens with zero attached hydrogens (tertiary/aromatic N) is 1. The molecule has 6 nitrogen and oxygen atoms in total. The molecule has 23 heavy (non-hydrogen) atoms. The Kier molecular flexibility index (Phi) is 3.65. The van der Waals surface area contributed by atoms with E-state index in [1.54, 1.807) is 41.0 Å². The average Bonchev–Trinajstić information content (AvgIpc) is 2.57. The summed E-state index contributed by atoms with van der Waals surface area (Å²) < 4.78 is 12.2. The summed E-state index contributed by atoms with van der Waals surface area (Å²) in [6.45, 7) is -0.291. The van der Waals surface area contributed by atoms with Gasteiger partial charge in [-0.2, -0.15) is 0 Å². The van der Waals surface area contributed by atoms with Crippen LogP contribution in [0.4, 0.5) is 0 Å². The van der Waals surface area contributed by atoms with Crippen molar-refractivity contribution in [2.24, 2.45) is 0 Å². The number of aliphatic carboxylic acids is 1. The number of aromatic nitrogens is 1. The minimum absolute atomic E-state index is 0.168. The number of methoxy groups -OCH3 is 2. The molecule has 0 unspecified atom stereocenters. The Morgan fingerprint density at radius 2 is 1.83 bits per heavy atom. The molecule has 118 valence electrons. The zero-order valence-corrected chi connectivity index (χ0v) is 12.7. The molecule has 3 rings (SSSR count). The third-order valence-corrected chi connectivity index (χ3v) is 3.77. The maximum Gasteiger partial charge on any atom is 0.323 e. The summed E-state index contributed by atoms with van der Waals surface area (Å²) in [7, 11) is 2.95. The predicted octanol–water partition coefficient (Wildman–Crippen LogP) is 2.26. The van der Waals surface area contributed by atoms with Gasteiger partial charge in [-0.3, -0.25) is 9.59 Å². The molecule has 3 aromatic rings. The standard InChI is InChI=1S/C17H15NO5/c1-22-13-8-7-11-15(17(13)23-2)18(9-14(19)20)12-6-4-3-5-10(12)16(11)21/h3-8H,9H2,1-2H3,(H,19,20). The van der Waals surface area contributed by atoms with E-state index in [0.29, 0.717) is 33.3 Å². The monoisotopic (exact) mass is 313 g/mol. The average molecular weight is 313 g/mol. The molecule has 0 aliphatic heterocycles. The molecule has 0 amide bonds. The summed E-state index contributed by atoms with van der Waals surface area (Å²) in [5.41, 5.74) is 0.787. The molecule has 0 aliphatic carbocycles. The lowest BCUT2D eigenvalue weighted by molar-refractivity contribution is -0.137. The molecule has 0 fully saturated rings. The molecule has 1 N–H and O–H groups in total. The number of carboxylic acid groups (broad SMARTS) is 1. The molecule has 0 radical (unpaired) electrons. The van der Waals surface area contributed by atoms with Crippen molar-refractivity contribution in [3.63, 3.8) is 0 Å². The molecule has 0 saturated carbocycles. The normalized spacial score (nSPS) is 10.9. The van der Waals surface area contributed by atoms with Gasteiger partial charge >= 0.3 is 5.97 Å². The van der Waals surface area contributed by atoms with Crippen molar-refractivity contribution in [2.75, 3.05) is 14.2 Å². The summed E-state index contributed by atoms with van der Waals surface area (Å²) in [6.07, 6.45) is 0. The molecular formula is C17H15NO5. The number of carboxylic acids is 1. The van der Waals surface area contributed by atoms with Crippen LogP contribution in [0.3, 0.4) is 0 Å². The molecule has 0 spiro atoms. The predicted molar refractivity (Wildman–Crippen MR) is 86.5 cm³/mol. The fourth-order valence-electron chi connectivity index (χ4n) is 2.83. The third-order valence-electron chi connectivity index (χ3n) is 3.77. The van der Waals surface area contributed by atoms with E-state index in [-0.39, 0.29) is 12.0 Å². The van der Waals surface area contributed by atoms with Crippen LogP contribution in [0.5, 0.6) is 11.5 Å². The number of ether oxygens (including phenoxy) is 2. The molecule has 0 bridgehead atoms. The summed E-state index contributed by atoms with van der Waals surface area (Å²) in [5, 5.41) is 10.1. The largest absolute Gasteiger partial charge is 0.493 e. The summed E-state index contributed by atoms with van der Waals surface area (Å²) in [6, 6.07) is 10.2. The Hall–Kier alpha value is -3.02. The Labute approximate surface area is 131 Å². The van der Waals surface area contributed by atoms with E-state index >= 15 is 0 Å². The van der Waals surface area contributed by atoms with Gasteiger partial charge in [0.15, 0.2) is 16.9 Å². The minimum atomic E-state index is -1.01. The molecule has 2 aromatic carbocycles. The number of pyridine rings is 1. The molecule has 0 saturated heterocycles. The zero-order valence-electron chi connectivity index (χ0n) is 12.7. The summed E-state index contributed by atoms with van der Waals surface area (Å²) in [5.74, 6) is -0.229. The Balaban J connectivity index is 2.60. The third kappa shape index (κ3) is 2.28. The van der Waals surface area contributed by atoms with E-state index < -0.39 is 5.97 Å². The number of para-hydroxylation sites is 1. The van der Waals surface area contributed by atoms with Crippen molar-refractivity contribution < 1.29 is 19.4 Å². The second-order valence-electron chi connectivity index (χ2n) is 5.02. The van der Waals surface area contributed by atoms with Crippen LogP contribution in [0.25, 0.3) is 21.8 Å². The Morgan fingerprint density at radius 1 is 1.09 bits per heavy atom. The van der Waals surface area contributed by atoms with Gasteiger partial charge in [-0.15, -0.1) is 0 Å². The van der Waals surface area contributed by atoms with Gasteiger partial charge in [0.1, 0.15) is 6.54 Å². The summed E-state index contributed by atoms with van der Waals surface area (Å²) >= 11 is 0. The van der Waals surface area contributed by atoms with Gasteiger partial charge in [0.2, 0.25) is 0 Å². The van der Waals surface area contributed by atoms with E-state index in [9.17, 15) is 14.7 Å². The highest BCUT2D eigenvalue weighted by atomic mass is 16.5. The van der Waals surface area contributed by atoms with Gasteiger partial charge in [-0.25, -0.2) is 0 Å². The van der Waals surface area contributed by atoms with E-state index in [0.717, 1.165) is 0 Å². The van der Waals surface area contributed by atoms with Crippen molar-refractivity contribution in [2.45, 2.75) is 6.54 Å². The van der Waals surface area contributed by atoms with Gasteiger partial charge < -0.3 is 19.1 Å². The van der Waals surface area contributed by atoms with E-state index in [2.05, 4.69) is 0 Å². The highest BCUT2D eigenvalue weighted by Crippen LogP contribution is 2.35. The molecular weight excluding hydrogens is 298 g/mol. The fraction of sp³-hybridized carbons (Fsp3) is 0.176. The van der Waals surface area contributed by atoms with Crippen LogP contribution in [0.15, 0.2) is 41.2 Å². The number of carbonyl (C=O) groups is 1. The van der Waals surface area contributed by atoms with Gasteiger partial charge in [0, 0.05) is 5.39 Å². The van der Waals surface area contributed by atoms with E-state index in [1.807, 2.05) is 0 Å². The first-order chi connectivity index (χ1) is 11.1. The van der Waals surface area contributed by atoms with Crippen molar-refractivity contribution in [1.82, 2.24) is 4.57 Å². The van der Waals surface area contributed by atoms with Crippen LogP contribution in [0.1, 0.15) is 0 Å². The lowest BCUT2D eigenvalue weighted by atomic mass is 10.1. The van der Waals surface area contributed by atoms with E-state index in [1.165, 1.54) is 14.2 Å². The SMILES string of the molecule is COc1ccc2c(=O)c3ccccc3n(CC(=O)O)c2c1OC. The van der Waals surface area contributed by atoms with Crippen LogP contribution in [-0.4, -0.2) is 29.9 Å². The molecule has 0 atom stereocenters. The maximum atomic E-state index is 12.7. The number of benzene rings is 2. The lowest BCUT2D eigenvalue weighted by Crippen LogP contribution is -2.16. The Morgan fingerprint density at radius 3 is 2.48 bits per heavy atom. The quantitative estimate of drug-likeness (QED) is 0.748. The van der Waals surface area contributed by atoms with Gasteiger partial charge in [-0.05, 0) is 24.3 Å². The van der Waals surface area contributed by atoms with Crippen molar-refractivity contribution >= 4 is 27.8 Å². The highest BCUT2D eigenvalue weighted by molar-refractivity contribution is 5.98. The second kappa shape index (κ2) is 5.64. The first kappa shape index (κ1) is 14.9. The Bertz CT molecular complexity index is 974. The van der Waals surface area contributed by atoms with Crippen LogP contribution >= 0.6 is 0 Å². The number of rotatable bonds is 4. The van der Waals surface area contributed by atoms with Gasteiger partial charge in [-0.1, -0.05) is 12.1 Å². The maximum absolute atomic E-state index is 12.7. The summed E-state index contributed by atoms with van der Waals surface area (Å²) in [4.78, 5) is 24.1. The van der Waals surface area contributed by atoms with Crippen LogP contribution in [0, 0.1) is 0 Å². The van der Waals surface area contributed by atoms with Crippen LogP contribution in [0.2, 0.25) is 0 Å². The zero-order chi connectivity index (χ0) is 16.6. The fourth-order valence-corrected chi connectivity index (χ4v) is 2.83. The number of hydrogen-bond acceptors (Lipinski definition) is 4. The lowest BCUT2D eigenvalue weighted by Gasteiger charge is -2.17. The number of fused-ring (bicyclic) bond motifs is 2. The van der Waals surface area contributed by atoms with Crippen LogP contribution < -0.4 is 14.9 Å². The molecule has 6 heteroatoms. The first-order valence-electron chi connectivity index (χ1n) is 6.96. The highest BCUT2D eigenvalue weighted by Gasteiger charge is 2.19. The smallest absolute Gasteiger partial charge is 0.323 e. The van der Waals surface area contributed by atoms with Crippen LogP contribution in [-0.2, 0) is 11.3 Å². The number of hydrogen-bond donors (Lipinski definition) is 1. The van der Waals surface area contributed by atoms with Gasteiger partial charge in [0.05, 0.1) is 30.6 Å². The second-order valence-corrected chi connectivity index (χ2v) is 5.02. The molecule has 1 aromatic heterocycles. The minimum Gasteiger partial charge on any atom is -0.493 e. The van der Waals surface area contributed by atoms with Gasteiger partial charge in [0.25, 0.3) is 0 Å². The van der Waals surface area contributed by atoms with Crippen molar-refractivity contribution in [3.8, 4) is 11.5 Å². The van der Waals surface area contributed by atoms with E-state index in [4.69, 9.17) is 9.47 Å². The van der Waals surface area contributed by atoms with Crippen molar-refractivity contribution in [3.05, 3.63) is 46.6 Å². The van der Waals surface area contributed by atoms with Crippen molar-refractivity contribution in [1.29, 1.82) is 0 Å². The molecule has 1 heterocycles. The topological polar surface area (TPSA) is 77.8 Å².